The van der Waals surface area contributed by atoms with Crippen LogP contribution in [0.1, 0.15) is 35.4 Å². The second-order valence-corrected chi connectivity index (χ2v) is 8.04. The van der Waals surface area contributed by atoms with Gasteiger partial charge in [0.15, 0.2) is 5.43 Å². The van der Waals surface area contributed by atoms with Crippen LogP contribution >= 0.6 is 0 Å². The molecule has 1 amide bonds. The van der Waals surface area contributed by atoms with E-state index in [-0.39, 0.29) is 17.4 Å². The Morgan fingerprint density at radius 1 is 1.13 bits per heavy atom. The summed E-state index contributed by atoms with van der Waals surface area (Å²) in [6.07, 6.45) is 2.84. The molecule has 6 heteroatoms. The van der Waals surface area contributed by atoms with E-state index >= 15 is 0 Å². The van der Waals surface area contributed by atoms with Crippen LogP contribution in [-0.2, 0) is 0 Å². The Morgan fingerprint density at radius 2 is 1.90 bits per heavy atom. The van der Waals surface area contributed by atoms with E-state index < -0.39 is 0 Å². The fourth-order valence-corrected chi connectivity index (χ4v) is 3.98. The van der Waals surface area contributed by atoms with E-state index in [1.165, 1.54) is 6.07 Å². The number of fused-ring (bicyclic) bond motifs is 1. The minimum absolute atomic E-state index is 0.00821. The number of nitrogens with one attached hydrogen (secondary N) is 1. The summed E-state index contributed by atoms with van der Waals surface area (Å²) in [6.45, 7) is 5.28. The third kappa shape index (κ3) is 5.52. The first-order valence-corrected chi connectivity index (χ1v) is 10.8. The van der Waals surface area contributed by atoms with Crippen molar-refractivity contribution in [3.05, 3.63) is 76.1 Å². The number of hydrogen-bond donors (Lipinski definition) is 1. The molecule has 0 atom stereocenters. The first kappa shape index (κ1) is 21.1. The molecule has 0 spiro atoms. The van der Waals surface area contributed by atoms with Crippen LogP contribution in [0.25, 0.3) is 11.0 Å². The molecule has 0 unspecified atom stereocenters. The van der Waals surface area contributed by atoms with Crippen molar-refractivity contribution in [2.45, 2.75) is 32.2 Å². The van der Waals surface area contributed by atoms with Crippen molar-refractivity contribution < 1.29 is 13.9 Å². The second-order valence-electron chi connectivity index (χ2n) is 8.04. The van der Waals surface area contributed by atoms with Crippen LogP contribution in [0.5, 0.6) is 5.75 Å². The van der Waals surface area contributed by atoms with Crippen LogP contribution in [0.4, 0.5) is 0 Å². The number of piperidine rings is 1. The largest absolute Gasteiger partial charge is 0.493 e. The summed E-state index contributed by atoms with van der Waals surface area (Å²) in [5, 5.41) is 3.72. The van der Waals surface area contributed by atoms with Crippen LogP contribution in [0.3, 0.4) is 0 Å². The van der Waals surface area contributed by atoms with Gasteiger partial charge in [-0.2, -0.15) is 0 Å². The predicted octanol–water partition coefficient (Wildman–Crippen LogP) is 3.76. The number of carbonyl (C=O) groups is 1. The lowest BCUT2D eigenvalue weighted by Crippen LogP contribution is -2.45. The molecule has 0 aliphatic carbocycles. The number of rotatable bonds is 7. The molecule has 4 rings (SSSR count). The number of carbonyl (C=O) groups excluding carboxylic acids is 1. The molecular weight excluding hydrogens is 392 g/mol. The van der Waals surface area contributed by atoms with Gasteiger partial charge in [-0.05, 0) is 50.5 Å². The van der Waals surface area contributed by atoms with Gasteiger partial charge in [-0.1, -0.05) is 18.2 Å². The summed E-state index contributed by atoms with van der Waals surface area (Å²) in [5.74, 6) is 1.32. The summed E-state index contributed by atoms with van der Waals surface area (Å²) < 4.78 is 11.5. The van der Waals surface area contributed by atoms with Gasteiger partial charge in [0.05, 0.1) is 12.0 Å². The Balaban J connectivity index is 1.18. The van der Waals surface area contributed by atoms with Crippen molar-refractivity contribution >= 4 is 16.9 Å². The smallest absolute Gasteiger partial charge is 0.251 e. The van der Waals surface area contributed by atoms with Crippen LogP contribution in [0.2, 0.25) is 0 Å². The molecule has 1 aromatic heterocycles. The molecule has 2 aromatic carbocycles. The van der Waals surface area contributed by atoms with Crippen LogP contribution in [-0.4, -0.2) is 43.1 Å². The van der Waals surface area contributed by atoms with E-state index in [9.17, 15) is 9.59 Å². The van der Waals surface area contributed by atoms with Gasteiger partial charge < -0.3 is 19.4 Å². The zero-order valence-electron chi connectivity index (χ0n) is 17.8. The highest BCUT2D eigenvalue weighted by atomic mass is 16.5. The molecule has 0 saturated carbocycles. The molecule has 0 radical (unpaired) electrons. The normalized spacial score (nSPS) is 15.1. The molecule has 2 heterocycles. The Hall–Kier alpha value is -3.12. The number of benzene rings is 2. The zero-order chi connectivity index (χ0) is 21.6. The second kappa shape index (κ2) is 9.79. The number of likely N-dealkylation sites (tertiary alicyclic amines) is 1. The summed E-state index contributed by atoms with van der Waals surface area (Å²) in [5.41, 5.74) is 1.24. The summed E-state index contributed by atoms with van der Waals surface area (Å²) in [7, 11) is 0. The van der Waals surface area contributed by atoms with Crippen molar-refractivity contribution in [3.63, 3.8) is 0 Å². The number of amides is 1. The fraction of sp³-hybridized carbons (Fsp3) is 0.360. The zero-order valence-corrected chi connectivity index (χ0v) is 17.8. The predicted molar refractivity (Wildman–Crippen MR) is 121 cm³/mol. The Kier molecular flexibility index (Phi) is 6.67. The highest BCUT2D eigenvalue weighted by Gasteiger charge is 2.20. The van der Waals surface area contributed by atoms with E-state index in [1.807, 2.05) is 36.4 Å². The van der Waals surface area contributed by atoms with Crippen molar-refractivity contribution in [2.24, 2.45) is 0 Å². The lowest BCUT2D eigenvalue weighted by atomic mass is 10.0. The van der Waals surface area contributed by atoms with Gasteiger partial charge >= 0.3 is 0 Å². The SMILES string of the molecule is Cc1cc(=O)c2ccc(OCCCN3CCC(NC(=O)c4ccccc4)CC3)cc2o1. The lowest BCUT2D eigenvalue weighted by molar-refractivity contribution is 0.0909. The molecule has 3 aromatic rings. The van der Waals surface area contributed by atoms with Gasteiger partial charge in [-0.15, -0.1) is 0 Å². The molecule has 1 aliphatic rings. The van der Waals surface area contributed by atoms with Crippen LogP contribution in [0, 0.1) is 6.92 Å². The van der Waals surface area contributed by atoms with Crippen molar-refractivity contribution in [1.29, 1.82) is 0 Å². The molecule has 1 fully saturated rings. The lowest BCUT2D eigenvalue weighted by Gasteiger charge is -2.32. The van der Waals surface area contributed by atoms with E-state index in [2.05, 4.69) is 10.2 Å². The Labute approximate surface area is 181 Å². The average Bonchev–Trinajstić information content (AvgIpc) is 2.78. The van der Waals surface area contributed by atoms with Gasteiger partial charge in [-0.25, -0.2) is 0 Å². The minimum atomic E-state index is -0.0336. The molecule has 1 N–H and O–H groups in total. The summed E-state index contributed by atoms with van der Waals surface area (Å²) in [4.78, 5) is 26.7. The number of ether oxygens (including phenoxy) is 1. The third-order valence-corrected chi connectivity index (χ3v) is 5.67. The van der Waals surface area contributed by atoms with E-state index in [0.29, 0.717) is 34.6 Å². The van der Waals surface area contributed by atoms with E-state index in [1.54, 1.807) is 19.1 Å². The highest BCUT2D eigenvalue weighted by Crippen LogP contribution is 2.20. The van der Waals surface area contributed by atoms with Gasteiger partial charge in [0.1, 0.15) is 17.1 Å². The van der Waals surface area contributed by atoms with E-state index in [4.69, 9.17) is 9.15 Å². The molecule has 162 valence electrons. The Morgan fingerprint density at radius 3 is 2.68 bits per heavy atom. The fourth-order valence-electron chi connectivity index (χ4n) is 3.98. The molecule has 0 bridgehead atoms. The number of hydrogen-bond acceptors (Lipinski definition) is 5. The molecular formula is C25H28N2O4. The van der Waals surface area contributed by atoms with Crippen molar-refractivity contribution in [3.8, 4) is 5.75 Å². The first-order chi connectivity index (χ1) is 15.1. The standard InChI is InChI=1S/C25H28N2O4/c1-18-16-23(28)22-9-8-21(17-24(22)31-18)30-15-5-12-27-13-10-20(11-14-27)26-25(29)19-6-3-2-4-7-19/h2-4,6-9,16-17,20H,5,10-15H2,1H3,(H,26,29). The number of nitrogens with zero attached hydrogens (tertiary/aromatic N) is 1. The third-order valence-electron chi connectivity index (χ3n) is 5.67. The maximum Gasteiger partial charge on any atom is 0.251 e. The van der Waals surface area contributed by atoms with Gasteiger partial charge in [-0.3, -0.25) is 9.59 Å². The van der Waals surface area contributed by atoms with E-state index in [0.717, 1.165) is 38.9 Å². The molecule has 6 nitrogen and oxygen atoms in total. The van der Waals surface area contributed by atoms with Crippen LogP contribution in [0.15, 0.2) is 63.8 Å². The molecule has 31 heavy (non-hydrogen) atoms. The van der Waals surface area contributed by atoms with Crippen molar-refractivity contribution in [2.75, 3.05) is 26.2 Å². The van der Waals surface area contributed by atoms with Gasteiger partial charge in [0, 0.05) is 43.4 Å². The highest BCUT2D eigenvalue weighted by molar-refractivity contribution is 5.94. The maximum absolute atomic E-state index is 12.3. The first-order valence-electron chi connectivity index (χ1n) is 10.8. The van der Waals surface area contributed by atoms with Gasteiger partial charge in [0.25, 0.3) is 5.91 Å². The molecule has 1 saturated heterocycles. The van der Waals surface area contributed by atoms with Crippen molar-refractivity contribution in [1.82, 2.24) is 10.2 Å². The van der Waals surface area contributed by atoms with Gasteiger partial charge in [0.2, 0.25) is 0 Å². The quantitative estimate of drug-likeness (QED) is 0.589. The monoisotopic (exact) mass is 420 g/mol. The average molecular weight is 421 g/mol. The number of aryl methyl sites for hydroxylation is 1. The van der Waals surface area contributed by atoms with Crippen LogP contribution < -0.4 is 15.5 Å². The Bertz CT molecular complexity index is 1090. The maximum atomic E-state index is 12.3. The summed E-state index contributed by atoms with van der Waals surface area (Å²) >= 11 is 0. The summed E-state index contributed by atoms with van der Waals surface area (Å²) in [6, 6.07) is 16.4. The topological polar surface area (TPSA) is 71.8 Å². The minimum Gasteiger partial charge on any atom is -0.493 e. The molecule has 1 aliphatic heterocycles.